The SMILES string of the molecule is Cc1cc(C(=O)O)c(C)c2c1S(=O)(=O)CC=C2. The molecule has 1 aliphatic rings. The van der Waals surface area contributed by atoms with Crippen LogP contribution in [-0.2, 0) is 9.84 Å². The minimum Gasteiger partial charge on any atom is -0.478 e. The lowest BCUT2D eigenvalue weighted by Crippen LogP contribution is -2.15. The number of carbonyl (C=O) groups is 1. The lowest BCUT2D eigenvalue weighted by Gasteiger charge is -2.18. The van der Waals surface area contributed by atoms with Gasteiger partial charge in [0.25, 0.3) is 0 Å². The second kappa shape index (κ2) is 3.70. The van der Waals surface area contributed by atoms with Gasteiger partial charge < -0.3 is 5.11 Å². The summed E-state index contributed by atoms with van der Waals surface area (Å²) in [4.78, 5) is 11.3. The number of aromatic carboxylic acids is 1. The van der Waals surface area contributed by atoms with Crippen LogP contribution >= 0.6 is 0 Å². The fraction of sp³-hybridized carbons (Fsp3) is 0.250. The molecule has 5 heteroatoms. The van der Waals surface area contributed by atoms with Crippen molar-refractivity contribution in [2.45, 2.75) is 18.7 Å². The first kappa shape index (κ1) is 11.9. The molecule has 0 atom stereocenters. The van der Waals surface area contributed by atoms with Gasteiger partial charge in [0, 0.05) is 0 Å². The van der Waals surface area contributed by atoms with Crippen molar-refractivity contribution >= 4 is 21.9 Å². The Labute approximate surface area is 99.5 Å². The van der Waals surface area contributed by atoms with Gasteiger partial charge in [-0.1, -0.05) is 12.2 Å². The van der Waals surface area contributed by atoms with Gasteiger partial charge in [0.1, 0.15) is 0 Å². The van der Waals surface area contributed by atoms with Gasteiger partial charge in [0.15, 0.2) is 9.84 Å². The van der Waals surface area contributed by atoms with Gasteiger partial charge in [-0.15, -0.1) is 0 Å². The number of hydrogen-bond donors (Lipinski definition) is 1. The van der Waals surface area contributed by atoms with E-state index in [9.17, 15) is 13.2 Å². The van der Waals surface area contributed by atoms with Crippen LogP contribution in [0.3, 0.4) is 0 Å². The molecule has 0 radical (unpaired) electrons. The lowest BCUT2D eigenvalue weighted by atomic mass is 9.98. The highest BCUT2D eigenvalue weighted by atomic mass is 32.2. The van der Waals surface area contributed by atoms with Gasteiger partial charge in [0.05, 0.1) is 16.2 Å². The summed E-state index contributed by atoms with van der Waals surface area (Å²) in [5.74, 6) is -1.06. The molecule has 1 N–H and O–H groups in total. The van der Waals surface area contributed by atoms with Crippen molar-refractivity contribution in [3.8, 4) is 0 Å². The standard InChI is InChI=1S/C12H12O4S/c1-7-6-10(12(13)14)8(2)9-4-3-5-17(15,16)11(7)9/h3-4,6H,5H2,1-2H3,(H,13,14). The molecule has 0 aromatic heterocycles. The van der Waals surface area contributed by atoms with Crippen molar-refractivity contribution < 1.29 is 18.3 Å². The van der Waals surface area contributed by atoms with Crippen LogP contribution in [0, 0.1) is 13.8 Å². The fourth-order valence-electron chi connectivity index (χ4n) is 2.13. The number of benzene rings is 1. The van der Waals surface area contributed by atoms with Crippen LogP contribution in [-0.4, -0.2) is 25.2 Å². The van der Waals surface area contributed by atoms with Gasteiger partial charge in [-0.2, -0.15) is 0 Å². The normalized spacial score (nSPS) is 16.6. The molecule has 0 unspecified atom stereocenters. The predicted molar refractivity (Wildman–Crippen MR) is 64.0 cm³/mol. The summed E-state index contributed by atoms with van der Waals surface area (Å²) >= 11 is 0. The molecular formula is C12H12O4S. The van der Waals surface area contributed by atoms with Crippen LogP contribution < -0.4 is 0 Å². The molecule has 1 aromatic rings. The second-order valence-corrected chi connectivity index (χ2v) is 6.07. The van der Waals surface area contributed by atoms with Gasteiger partial charge in [-0.25, -0.2) is 13.2 Å². The van der Waals surface area contributed by atoms with Crippen molar-refractivity contribution in [3.05, 3.63) is 34.4 Å². The van der Waals surface area contributed by atoms with Crippen molar-refractivity contribution in [2.75, 3.05) is 5.75 Å². The van der Waals surface area contributed by atoms with Gasteiger partial charge >= 0.3 is 5.97 Å². The highest BCUT2D eigenvalue weighted by Crippen LogP contribution is 2.31. The van der Waals surface area contributed by atoms with Crippen LogP contribution in [0.4, 0.5) is 0 Å². The van der Waals surface area contributed by atoms with Gasteiger partial charge in [-0.3, -0.25) is 0 Å². The largest absolute Gasteiger partial charge is 0.478 e. The number of sulfone groups is 1. The summed E-state index contributed by atoms with van der Waals surface area (Å²) in [6.45, 7) is 3.26. The maximum absolute atomic E-state index is 11.9. The summed E-state index contributed by atoms with van der Waals surface area (Å²) in [6, 6.07) is 1.42. The van der Waals surface area contributed by atoms with E-state index in [2.05, 4.69) is 0 Å². The van der Waals surface area contributed by atoms with E-state index < -0.39 is 15.8 Å². The highest BCUT2D eigenvalue weighted by Gasteiger charge is 2.26. The Morgan fingerprint density at radius 3 is 2.59 bits per heavy atom. The zero-order valence-corrected chi connectivity index (χ0v) is 10.3. The number of hydrogen-bond acceptors (Lipinski definition) is 3. The first-order valence-corrected chi connectivity index (χ1v) is 6.76. The third-order valence-electron chi connectivity index (χ3n) is 2.91. The van der Waals surface area contributed by atoms with Crippen LogP contribution in [0.1, 0.15) is 27.0 Å². The average Bonchev–Trinajstić information content (AvgIpc) is 2.21. The Balaban J connectivity index is 2.89. The van der Waals surface area contributed by atoms with E-state index in [1.807, 2.05) is 0 Å². The van der Waals surface area contributed by atoms with E-state index in [0.717, 1.165) is 0 Å². The number of carboxylic acids is 1. The van der Waals surface area contributed by atoms with E-state index in [4.69, 9.17) is 5.11 Å². The fourth-order valence-corrected chi connectivity index (χ4v) is 3.75. The Hall–Kier alpha value is -1.62. The first-order valence-electron chi connectivity index (χ1n) is 5.11. The molecule has 2 rings (SSSR count). The number of rotatable bonds is 1. The van der Waals surface area contributed by atoms with E-state index in [0.29, 0.717) is 16.7 Å². The first-order chi connectivity index (χ1) is 7.84. The molecule has 0 bridgehead atoms. The molecule has 1 heterocycles. The zero-order chi connectivity index (χ0) is 12.8. The molecule has 0 amide bonds. The smallest absolute Gasteiger partial charge is 0.335 e. The maximum Gasteiger partial charge on any atom is 0.335 e. The molecule has 0 spiro atoms. The van der Waals surface area contributed by atoms with E-state index in [-0.39, 0.29) is 16.2 Å². The van der Waals surface area contributed by atoms with Crippen LogP contribution in [0.2, 0.25) is 0 Å². The molecule has 0 fully saturated rings. The lowest BCUT2D eigenvalue weighted by molar-refractivity contribution is 0.0696. The minimum atomic E-state index is -3.32. The van der Waals surface area contributed by atoms with Gasteiger partial charge in [0.2, 0.25) is 0 Å². The second-order valence-electron chi connectivity index (χ2n) is 4.10. The Morgan fingerprint density at radius 2 is 2.00 bits per heavy atom. The monoisotopic (exact) mass is 252 g/mol. The van der Waals surface area contributed by atoms with Gasteiger partial charge in [-0.05, 0) is 36.6 Å². The predicted octanol–water partition coefficient (Wildman–Crippen LogP) is 1.80. The van der Waals surface area contributed by atoms with Crippen molar-refractivity contribution in [2.24, 2.45) is 0 Å². The van der Waals surface area contributed by atoms with Crippen LogP contribution in [0.25, 0.3) is 6.08 Å². The van der Waals surface area contributed by atoms with Crippen molar-refractivity contribution in [1.82, 2.24) is 0 Å². The average molecular weight is 252 g/mol. The Morgan fingerprint density at radius 1 is 1.35 bits per heavy atom. The Kier molecular flexibility index (Phi) is 2.58. The van der Waals surface area contributed by atoms with Crippen molar-refractivity contribution in [3.63, 3.8) is 0 Å². The highest BCUT2D eigenvalue weighted by molar-refractivity contribution is 7.91. The van der Waals surface area contributed by atoms with Crippen LogP contribution in [0.5, 0.6) is 0 Å². The van der Waals surface area contributed by atoms with E-state index in [1.165, 1.54) is 6.07 Å². The topological polar surface area (TPSA) is 71.4 Å². The molecular weight excluding hydrogens is 240 g/mol. The molecule has 4 nitrogen and oxygen atoms in total. The minimum absolute atomic E-state index is 0.0211. The van der Waals surface area contributed by atoms with E-state index >= 15 is 0 Å². The van der Waals surface area contributed by atoms with Crippen molar-refractivity contribution in [1.29, 1.82) is 0 Å². The number of aryl methyl sites for hydroxylation is 1. The van der Waals surface area contributed by atoms with E-state index in [1.54, 1.807) is 26.0 Å². The number of carboxylic acid groups (broad SMARTS) is 1. The third-order valence-corrected chi connectivity index (χ3v) is 4.71. The molecule has 0 saturated carbocycles. The molecule has 17 heavy (non-hydrogen) atoms. The molecule has 1 aromatic carbocycles. The number of fused-ring (bicyclic) bond motifs is 1. The van der Waals surface area contributed by atoms with Crippen LogP contribution in [0.15, 0.2) is 17.0 Å². The molecule has 90 valence electrons. The molecule has 1 aliphatic heterocycles. The molecule has 0 aliphatic carbocycles. The summed E-state index contributed by atoms with van der Waals surface area (Å²) in [5.41, 5.74) is 1.65. The third kappa shape index (κ3) is 1.76. The summed E-state index contributed by atoms with van der Waals surface area (Å²) in [5, 5.41) is 9.05. The molecule has 0 saturated heterocycles. The summed E-state index contributed by atoms with van der Waals surface area (Å²) < 4.78 is 23.9. The summed E-state index contributed by atoms with van der Waals surface area (Å²) in [6.07, 6.45) is 3.24. The Bertz CT molecular complexity index is 639. The quantitative estimate of drug-likeness (QED) is 0.827. The maximum atomic E-state index is 11.9. The zero-order valence-electron chi connectivity index (χ0n) is 9.52. The summed E-state index contributed by atoms with van der Waals surface area (Å²) in [7, 11) is -3.32.